The number of rotatable bonds is 74. The highest BCUT2D eigenvalue weighted by Gasteiger charge is 2.30. The lowest BCUT2D eigenvalue weighted by Crippen LogP contribution is -2.30. The minimum absolute atomic E-state index is 0.105. The Morgan fingerprint density at radius 2 is 0.500 bits per heavy atom. The standard InChI is InChI=1S/C77H150O17P2/c1-9-68(6)54-46-38-30-26-22-18-16-14-12-13-15-17-19-23-27-31-43-51-59-76(81)93-72(63-87-74(79)57-49-41-35-33-39-47-55-69(7)10-2)65-91-95(83,84)89-61-71(78)62-90-96(85,86)92-66-73(64-88-75(80)58-50-42-36-34-40-48-56-70(8)11-3)94-77(82)60-52-44-32-28-24-20-21-25-29-37-45-53-67(4)5/h67-73,78H,9-66H2,1-8H3,(H,83,84)(H,85,86)/t68?,69?,70?,71-,72-,73-/m1/s1. The van der Waals surface area contributed by atoms with Crippen LogP contribution in [0.25, 0.3) is 0 Å². The summed E-state index contributed by atoms with van der Waals surface area (Å²) in [5, 5.41) is 10.6. The molecule has 0 spiro atoms. The summed E-state index contributed by atoms with van der Waals surface area (Å²) in [6.45, 7) is 14.2. The van der Waals surface area contributed by atoms with Crippen LogP contribution in [0.15, 0.2) is 0 Å². The Morgan fingerprint density at radius 3 is 0.740 bits per heavy atom. The molecule has 0 bridgehead atoms. The van der Waals surface area contributed by atoms with E-state index in [1.54, 1.807) is 0 Å². The largest absolute Gasteiger partial charge is 0.472 e. The van der Waals surface area contributed by atoms with E-state index in [1.165, 1.54) is 180 Å². The summed E-state index contributed by atoms with van der Waals surface area (Å²) in [7, 11) is -9.91. The molecule has 0 rings (SSSR count). The number of carbonyl (C=O) groups excluding carboxylic acids is 4. The normalized spacial score (nSPS) is 15.0. The van der Waals surface area contributed by atoms with Gasteiger partial charge in [0.05, 0.1) is 26.4 Å². The first-order valence-corrected chi connectivity index (χ1v) is 42.8. The van der Waals surface area contributed by atoms with Crippen molar-refractivity contribution in [3.05, 3.63) is 0 Å². The van der Waals surface area contributed by atoms with E-state index in [0.717, 1.165) is 126 Å². The van der Waals surface area contributed by atoms with Crippen molar-refractivity contribution < 1.29 is 80.2 Å². The topological polar surface area (TPSA) is 237 Å². The summed E-state index contributed by atoms with van der Waals surface area (Å²) < 4.78 is 68.5. The molecule has 19 heteroatoms. The number of carbonyl (C=O) groups is 4. The third-order valence-corrected chi connectivity index (χ3v) is 20.8. The van der Waals surface area contributed by atoms with E-state index < -0.39 is 97.5 Å². The van der Waals surface area contributed by atoms with Crippen LogP contribution >= 0.6 is 15.6 Å². The predicted octanol–water partition coefficient (Wildman–Crippen LogP) is 22.4. The highest BCUT2D eigenvalue weighted by atomic mass is 31.2. The van der Waals surface area contributed by atoms with Crippen molar-refractivity contribution in [1.29, 1.82) is 0 Å². The number of ether oxygens (including phenoxy) is 4. The van der Waals surface area contributed by atoms with Gasteiger partial charge in [0, 0.05) is 25.7 Å². The number of hydrogen-bond donors (Lipinski definition) is 3. The van der Waals surface area contributed by atoms with E-state index in [0.29, 0.717) is 25.7 Å². The molecular formula is C77H150O17P2. The molecule has 0 aromatic heterocycles. The zero-order chi connectivity index (χ0) is 71.0. The highest BCUT2D eigenvalue weighted by molar-refractivity contribution is 7.47. The smallest absolute Gasteiger partial charge is 0.462 e. The first-order valence-electron chi connectivity index (χ1n) is 39.8. The molecular weight excluding hydrogens is 1260 g/mol. The van der Waals surface area contributed by atoms with Crippen LogP contribution in [0.5, 0.6) is 0 Å². The number of phosphoric acid groups is 2. The lowest BCUT2D eigenvalue weighted by molar-refractivity contribution is -0.161. The molecule has 17 nitrogen and oxygen atoms in total. The van der Waals surface area contributed by atoms with Crippen LogP contribution < -0.4 is 0 Å². The Kier molecular flexibility index (Phi) is 65.0. The van der Waals surface area contributed by atoms with Crippen LogP contribution in [0, 0.1) is 23.7 Å². The number of esters is 4. The molecule has 0 saturated heterocycles. The average Bonchev–Trinajstić information content (AvgIpc) is 1.19. The third-order valence-electron chi connectivity index (χ3n) is 18.9. The second-order valence-electron chi connectivity index (χ2n) is 28.9. The van der Waals surface area contributed by atoms with Crippen molar-refractivity contribution >= 4 is 39.5 Å². The summed E-state index contributed by atoms with van der Waals surface area (Å²) in [6, 6.07) is 0. The molecule has 0 radical (unpaired) electrons. The molecule has 570 valence electrons. The number of phosphoric ester groups is 2. The van der Waals surface area contributed by atoms with Crippen molar-refractivity contribution in [2.45, 2.75) is 408 Å². The number of aliphatic hydroxyl groups is 1. The summed E-state index contributed by atoms with van der Waals surface area (Å²) in [5.74, 6) is 0.975. The Bertz CT molecular complexity index is 1890. The first-order chi connectivity index (χ1) is 46.2. The molecule has 0 aromatic carbocycles. The Hall–Kier alpha value is -1.94. The Morgan fingerprint density at radius 1 is 0.292 bits per heavy atom. The van der Waals surface area contributed by atoms with Gasteiger partial charge in [0.15, 0.2) is 12.2 Å². The lowest BCUT2D eigenvalue weighted by atomic mass is 9.99. The van der Waals surface area contributed by atoms with Gasteiger partial charge in [0.25, 0.3) is 0 Å². The minimum Gasteiger partial charge on any atom is -0.462 e. The van der Waals surface area contributed by atoms with Gasteiger partial charge in [-0.25, -0.2) is 9.13 Å². The van der Waals surface area contributed by atoms with Crippen LogP contribution in [-0.4, -0.2) is 96.7 Å². The fraction of sp³-hybridized carbons (Fsp3) is 0.948. The summed E-state index contributed by atoms with van der Waals surface area (Å²) in [5.41, 5.74) is 0. The van der Waals surface area contributed by atoms with Crippen LogP contribution in [0.2, 0.25) is 0 Å². The summed E-state index contributed by atoms with van der Waals surface area (Å²) in [4.78, 5) is 72.8. The molecule has 0 aromatic rings. The van der Waals surface area contributed by atoms with Crippen molar-refractivity contribution in [3.8, 4) is 0 Å². The van der Waals surface area contributed by atoms with Crippen molar-refractivity contribution in [1.82, 2.24) is 0 Å². The van der Waals surface area contributed by atoms with Crippen LogP contribution in [0.1, 0.15) is 389 Å². The first kappa shape index (κ1) is 94.1. The summed E-state index contributed by atoms with van der Waals surface area (Å²) >= 11 is 0. The Labute approximate surface area is 588 Å². The SMILES string of the molecule is CCC(C)CCCCCCCCCCCCCCCCCCCCC(=O)O[C@H](COC(=O)CCCCCCCCC(C)CC)COP(=O)(O)OC[C@@H](O)COP(=O)(O)OC[C@@H](COC(=O)CCCCCCCCC(C)CC)OC(=O)CCCCCCCCCCCCCC(C)C. The van der Waals surface area contributed by atoms with E-state index in [-0.39, 0.29) is 25.7 Å². The van der Waals surface area contributed by atoms with Gasteiger partial charge < -0.3 is 33.8 Å². The number of unbranched alkanes of at least 4 members (excludes halogenated alkanes) is 37. The third kappa shape index (κ3) is 66.6. The van der Waals surface area contributed by atoms with E-state index in [1.807, 2.05) is 0 Å². The lowest BCUT2D eigenvalue weighted by Gasteiger charge is -2.21. The molecule has 0 heterocycles. The number of hydrogen-bond acceptors (Lipinski definition) is 15. The maximum Gasteiger partial charge on any atom is 0.472 e. The van der Waals surface area contributed by atoms with Gasteiger partial charge >= 0.3 is 39.5 Å². The van der Waals surface area contributed by atoms with Crippen LogP contribution in [-0.2, 0) is 65.4 Å². The van der Waals surface area contributed by atoms with Crippen LogP contribution in [0.3, 0.4) is 0 Å². The molecule has 8 atom stereocenters. The molecule has 0 aliphatic heterocycles. The average molecular weight is 1410 g/mol. The van der Waals surface area contributed by atoms with E-state index in [2.05, 4.69) is 55.4 Å². The fourth-order valence-corrected chi connectivity index (χ4v) is 13.2. The van der Waals surface area contributed by atoms with Gasteiger partial charge in [-0.15, -0.1) is 0 Å². The second kappa shape index (κ2) is 66.3. The van der Waals surface area contributed by atoms with Gasteiger partial charge in [0.2, 0.25) is 0 Å². The maximum atomic E-state index is 13.1. The van der Waals surface area contributed by atoms with Crippen molar-refractivity contribution in [2.75, 3.05) is 39.6 Å². The van der Waals surface area contributed by atoms with Crippen LogP contribution in [0.4, 0.5) is 0 Å². The molecule has 0 aliphatic rings. The molecule has 0 aliphatic carbocycles. The van der Waals surface area contributed by atoms with Gasteiger partial charge in [-0.3, -0.25) is 37.3 Å². The van der Waals surface area contributed by atoms with Gasteiger partial charge in [0.1, 0.15) is 19.3 Å². The second-order valence-corrected chi connectivity index (χ2v) is 31.9. The van der Waals surface area contributed by atoms with E-state index in [9.17, 15) is 43.2 Å². The predicted molar refractivity (Wildman–Crippen MR) is 391 cm³/mol. The zero-order valence-electron chi connectivity index (χ0n) is 63.0. The van der Waals surface area contributed by atoms with Crippen molar-refractivity contribution in [2.24, 2.45) is 23.7 Å². The quantitative estimate of drug-likeness (QED) is 0.0222. The zero-order valence-corrected chi connectivity index (χ0v) is 64.8. The monoisotopic (exact) mass is 1410 g/mol. The number of aliphatic hydroxyl groups excluding tert-OH is 1. The summed E-state index contributed by atoms with van der Waals surface area (Å²) in [6.07, 6.45) is 51.5. The molecule has 3 N–H and O–H groups in total. The van der Waals surface area contributed by atoms with E-state index >= 15 is 0 Å². The van der Waals surface area contributed by atoms with Crippen molar-refractivity contribution in [3.63, 3.8) is 0 Å². The maximum absolute atomic E-state index is 13.1. The molecule has 0 fully saturated rings. The molecule has 0 amide bonds. The molecule has 0 saturated carbocycles. The molecule has 96 heavy (non-hydrogen) atoms. The van der Waals surface area contributed by atoms with Gasteiger partial charge in [-0.2, -0.15) is 0 Å². The molecule has 5 unspecified atom stereocenters. The highest BCUT2D eigenvalue weighted by Crippen LogP contribution is 2.45. The fourth-order valence-electron chi connectivity index (χ4n) is 11.6. The van der Waals surface area contributed by atoms with E-state index in [4.69, 9.17) is 37.0 Å². The Balaban J connectivity index is 5.18. The van der Waals surface area contributed by atoms with Gasteiger partial charge in [-0.1, -0.05) is 338 Å². The van der Waals surface area contributed by atoms with Gasteiger partial charge in [-0.05, 0) is 49.4 Å². The minimum atomic E-state index is -4.96.